The standard InChI is InChI=1S/C13H13BrClN3O/c1-19-11-3-2-6-17-13(11)12(18-16)8-4-5-10(15)9(14)7-8/h2-7,12,18H,16H2,1H3. The summed E-state index contributed by atoms with van der Waals surface area (Å²) in [5.74, 6) is 6.33. The summed E-state index contributed by atoms with van der Waals surface area (Å²) in [7, 11) is 1.60. The fraction of sp³-hybridized carbons (Fsp3) is 0.154. The maximum atomic E-state index is 5.99. The van der Waals surface area contributed by atoms with E-state index in [1.807, 2.05) is 24.3 Å². The summed E-state index contributed by atoms with van der Waals surface area (Å²) in [6, 6.07) is 8.99. The first-order valence-corrected chi connectivity index (χ1v) is 6.74. The van der Waals surface area contributed by atoms with Crippen LogP contribution in [0.25, 0.3) is 0 Å². The number of nitrogens with two attached hydrogens (primary N) is 1. The molecule has 0 spiro atoms. The van der Waals surface area contributed by atoms with E-state index in [0.717, 1.165) is 15.7 Å². The first kappa shape index (κ1) is 14.3. The lowest BCUT2D eigenvalue weighted by molar-refractivity contribution is 0.400. The van der Waals surface area contributed by atoms with Crippen molar-refractivity contribution >= 4 is 27.5 Å². The second-order valence-corrected chi connectivity index (χ2v) is 5.13. The average Bonchev–Trinajstić information content (AvgIpc) is 2.44. The van der Waals surface area contributed by atoms with Crippen molar-refractivity contribution in [2.45, 2.75) is 6.04 Å². The molecule has 4 nitrogen and oxygen atoms in total. The van der Waals surface area contributed by atoms with Crippen LogP contribution < -0.4 is 16.0 Å². The van der Waals surface area contributed by atoms with Crippen molar-refractivity contribution in [2.24, 2.45) is 5.84 Å². The van der Waals surface area contributed by atoms with Gasteiger partial charge in [0, 0.05) is 10.7 Å². The zero-order valence-electron chi connectivity index (χ0n) is 10.2. The number of ether oxygens (including phenoxy) is 1. The predicted molar refractivity (Wildman–Crippen MR) is 79.1 cm³/mol. The predicted octanol–water partition coefficient (Wildman–Crippen LogP) is 3.06. The fourth-order valence-corrected chi connectivity index (χ4v) is 2.33. The number of halogens is 2. The van der Waals surface area contributed by atoms with E-state index in [4.69, 9.17) is 22.2 Å². The van der Waals surface area contributed by atoms with Crippen LogP contribution in [0.3, 0.4) is 0 Å². The molecule has 6 heteroatoms. The van der Waals surface area contributed by atoms with Crippen molar-refractivity contribution in [1.29, 1.82) is 0 Å². The number of nitrogens with zero attached hydrogens (tertiary/aromatic N) is 1. The molecule has 1 aromatic carbocycles. The summed E-state index contributed by atoms with van der Waals surface area (Å²) in [5, 5.41) is 0.646. The van der Waals surface area contributed by atoms with Gasteiger partial charge in [0.05, 0.1) is 18.2 Å². The molecule has 100 valence electrons. The van der Waals surface area contributed by atoms with Crippen molar-refractivity contribution in [1.82, 2.24) is 10.4 Å². The van der Waals surface area contributed by atoms with E-state index in [-0.39, 0.29) is 6.04 Å². The van der Waals surface area contributed by atoms with Gasteiger partial charge >= 0.3 is 0 Å². The molecule has 2 rings (SSSR count). The van der Waals surface area contributed by atoms with Crippen LogP contribution in [0.15, 0.2) is 41.0 Å². The van der Waals surface area contributed by atoms with Gasteiger partial charge in [-0.3, -0.25) is 10.8 Å². The van der Waals surface area contributed by atoms with Crippen molar-refractivity contribution in [3.05, 3.63) is 57.3 Å². The third-order valence-corrected chi connectivity index (χ3v) is 3.95. The number of benzene rings is 1. The van der Waals surface area contributed by atoms with Crippen LogP contribution >= 0.6 is 27.5 Å². The highest BCUT2D eigenvalue weighted by molar-refractivity contribution is 9.10. The molecule has 19 heavy (non-hydrogen) atoms. The molecule has 0 aliphatic heterocycles. The highest BCUT2D eigenvalue weighted by Gasteiger charge is 2.18. The number of aromatic nitrogens is 1. The first-order valence-electron chi connectivity index (χ1n) is 5.57. The molecule has 0 bridgehead atoms. The first-order chi connectivity index (χ1) is 9.17. The largest absolute Gasteiger partial charge is 0.495 e. The number of methoxy groups -OCH3 is 1. The molecule has 0 aliphatic carbocycles. The van der Waals surface area contributed by atoms with Gasteiger partial charge in [0.2, 0.25) is 0 Å². The summed E-state index contributed by atoms with van der Waals surface area (Å²) < 4.78 is 6.11. The Hall–Kier alpha value is -1.14. The van der Waals surface area contributed by atoms with E-state index in [1.54, 1.807) is 19.4 Å². The molecule has 0 fully saturated rings. The Morgan fingerprint density at radius 2 is 2.21 bits per heavy atom. The summed E-state index contributed by atoms with van der Waals surface area (Å²) in [6.07, 6.45) is 1.70. The Morgan fingerprint density at radius 3 is 2.84 bits per heavy atom. The van der Waals surface area contributed by atoms with Gasteiger partial charge < -0.3 is 4.74 Å². The van der Waals surface area contributed by atoms with Crippen LogP contribution in [0.4, 0.5) is 0 Å². The monoisotopic (exact) mass is 341 g/mol. The second kappa shape index (κ2) is 6.34. The van der Waals surface area contributed by atoms with Crippen LogP contribution in [0.1, 0.15) is 17.3 Å². The van der Waals surface area contributed by atoms with Gasteiger partial charge in [-0.05, 0) is 45.8 Å². The molecular weight excluding hydrogens is 330 g/mol. The maximum Gasteiger partial charge on any atom is 0.142 e. The lowest BCUT2D eigenvalue weighted by atomic mass is 10.0. The van der Waals surface area contributed by atoms with Crippen LogP contribution in [0.5, 0.6) is 5.75 Å². The van der Waals surface area contributed by atoms with Gasteiger partial charge in [0.25, 0.3) is 0 Å². The number of hydrogen-bond acceptors (Lipinski definition) is 4. The second-order valence-electron chi connectivity index (χ2n) is 3.86. The molecule has 1 aromatic heterocycles. The molecule has 1 atom stereocenters. The summed E-state index contributed by atoms with van der Waals surface area (Å²) in [6.45, 7) is 0. The smallest absolute Gasteiger partial charge is 0.142 e. The van der Waals surface area contributed by atoms with E-state index in [1.165, 1.54) is 0 Å². The maximum absolute atomic E-state index is 5.99. The Kier molecular flexibility index (Phi) is 4.76. The Morgan fingerprint density at radius 1 is 1.42 bits per heavy atom. The Labute approximate surface area is 125 Å². The van der Waals surface area contributed by atoms with E-state index in [2.05, 4.69) is 26.3 Å². The third kappa shape index (κ3) is 3.06. The number of pyridine rings is 1. The van der Waals surface area contributed by atoms with Crippen molar-refractivity contribution in [2.75, 3.05) is 7.11 Å². The minimum Gasteiger partial charge on any atom is -0.495 e. The summed E-state index contributed by atoms with van der Waals surface area (Å²) in [5.41, 5.74) is 4.41. The number of hydrogen-bond donors (Lipinski definition) is 2. The summed E-state index contributed by atoms with van der Waals surface area (Å²) >= 11 is 9.39. The SMILES string of the molecule is COc1cccnc1C(NN)c1ccc(Cl)c(Br)c1. The van der Waals surface area contributed by atoms with Crippen molar-refractivity contribution in [3.8, 4) is 5.75 Å². The normalized spacial score (nSPS) is 12.2. The lowest BCUT2D eigenvalue weighted by Crippen LogP contribution is -2.29. The zero-order valence-corrected chi connectivity index (χ0v) is 12.6. The van der Waals surface area contributed by atoms with Crippen LogP contribution in [-0.2, 0) is 0 Å². The zero-order chi connectivity index (χ0) is 13.8. The lowest BCUT2D eigenvalue weighted by Gasteiger charge is -2.18. The van der Waals surface area contributed by atoms with Gasteiger partial charge in [0.1, 0.15) is 11.4 Å². The molecule has 2 aromatic rings. The van der Waals surface area contributed by atoms with Gasteiger partial charge in [-0.1, -0.05) is 17.7 Å². The third-order valence-electron chi connectivity index (χ3n) is 2.74. The molecular formula is C13H13BrClN3O. The number of rotatable bonds is 4. The van der Waals surface area contributed by atoms with Crippen molar-refractivity contribution < 1.29 is 4.74 Å². The minimum atomic E-state index is -0.273. The average molecular weight is 343 g/mol. The minimum absolute atomic E-state index is 0.273. The van der Waals surface area contributed by atoms with Crippen LogP contribution in [0, 0.1) is 0 Å². The molecule has 1 heterocycles. The van der Waals surface area contributed by atoms with Crippen LogP contribution in [-0.4, -0.2) is 12.1 Å². The van der Waals surface area contributed by atoms with Gasteiger partial charge in [-0.2, -0.15) is 0 Å². The Bertz CT molecular complexity index is 580. The van der Waals surface area contributed by atoms with E-state index in [0.29, 0.717) is 10.8 Å². The fourth-order valence-electron chi connectivity index (χ4n) is 1.82. The van der Waals surface area contributed by atoms with E-state index in [9.17, 15) is 0 Å². The van der Waals surface area contributed by atoms with Crippen LogP contribution in [0.2, 0.25) is 5.02 Å². The number of nitrogens with one attached hydrogen (secondary N) is 1. The molecule has 0 radical (unpaired) electrons. The van der Waals surface area contributed by atoms with Crippen molar-refractivity contribution in [3.63, 3.8) is 0 Å². The molecule has 0 amide bonds. The van der Waals surface area contributed by atoms with Gasteiger partial charge in [-0.15, -0.1) is 0 Å². The van der Waals surface area contributed by atoms with Gasteiger partial charge in [-0.25, -0.2) is 5.43 Å². The summed E-state index contributed by atoms with van der Waals surface area (Å²) in [4.78, 5) is 4.33. The molecule has 0 saturated heterocycles. The quantitative estimate of drug-likeness (QED) is 0.662. The van der Waals surface area contributed by atoms with E-state index < -0.39 is 0 Å². The van der Waals surface area contributed by atoms with Gasteiger partial charge in [0.15, 0.2) is 0 Å². The molecule has 0 aliphatic rings. The number of hydrazine groups is 1. The molecule has 3 N–H and O–H groups in total. The molecule has 0 saturated carbocycles. The highest BCUT2D eigenvalue weighted by atomic mass is 79.9. The van der Waals surface area contributed by atoms with E-state index >= 15 is 0 Å². The topological polar surface area (TPSA) is 60.2 Å². The Balaban J connectivity index is 2.46. The molecule has 1 unspecified atom stereocenters. The highest BCUT2D eigenvalue weighted by Crippen LogP contribution is 2.31.